The van der Waals surface area contributed by atoms with Gasteiger partial charge in [0.15, 0.2) is 0 Å². The van der Waals surface area contributed by atoms with Crippen LogP contribution in [0.5, 0.6) is 11.5 Å². The lowest BCUT2D eigenvalue weighted by Gasteiger charge is -2.47. The Bertz CT molecular complexity index is 957. The van der Waals surface area contributed by atoms with Gasteiger partial charge in [-0.2, -0.15) is 5.10 Å². The van der Waals surface area contributed by atoms with Crippen LogP contribution in [0.2, 0.25) is 0 Å². The molecule has 2 heterocycles. The van der Waals surface area contributed by atoms with Gasteiger partial charge in [-0.3, -0.25) is 4.68 Å². The molecule has 0 amide bonds. The van der Waals surface area contributed by atoms with E-state index in [9.17, 15) is 5.11 Å². The van der Waals surface area contributed by atoms with Crippen LogP contribution < -0.4 is 4.74 Å². The Morgan fingerprint density at radius 3 is 2.59 bits per heavy atom. The van der Waals surface area contributed by atoms with Gasteiger partial charge in [0.05, 0.1) is 6.20 Å². The molecular formula is C28H42N2O2. The van der Waals surface area contributed by atoms with Crippen molar-refractivity contribution in [2.45, 2.75) is 109 Å². The molecule has 0 fully saturated rings. The molecule has 0 spiro atoms. The third-order valence-electron chi connectivity index (χ3n) is 8.18. The van der Waals surface area contributed by atoms with Crippen LogP contribution >= 0.6 is 0 Å². The maximum absolute atomic E-state index is 11.2. The highest BCUT2D eigenvalue weighted by Gasteiger charge is 2.48. The van der Waals surface area contributed by atoms with Crippen molar-refractivity contribution in [2.75, 3.05) is 0 Å². The second-order valence-electron chi connectivity index (χ2n) is 11.4. The highest BCUT2D eigenvalue weighted by Crippen LogP contribution is 2.54. The first-order valence-corrected chi connectivity index (χ1v) is 12.7. The number of benzene rings is 1. The van der Waals surface area contributed by atoms with Gasteiger partial charge in [0.1, 0.15) is 17.1 Å². The van der Waals surface area contributed by atoms with Crippen molar-refractivity contribution in [3.63, 3.8) is 0 Å². The summed E-state index contributed by atoms with van der Waals surface area (Å²) < 4.78 is 8.61. The average molecular weight is 439 g/mol. The summed E-state index contributed by atoms with van der Waals surface area (Å²) >= 11 is 0. The topological polar surface area (TPSA) is 47.3 Å². The van der Waals surface area contributed by atoms with Gasteiger partial charge >= 0.3 is 0 Å². The number of aromatic nitrogens is 2. The van der Waals surface area contributed by atoms with E-state index in [2.05, 4.69) is 45.8 Å². The van der Waals surface area contributed by atoms with E-state index in [0.717, 1.165) is 30.6 Å². The standard InChI is InChI=1S/C28H42N2O2/c1-7-8-9-10-11-12-13-27(2,3)20-15-24(31)26-21-17-23-19(18-29-30(23)6)14-22(21)28(4,5)32-25(26)16-20/h15-16,18,21-22,31H,7-14,17H2,1-6H3/t21-,22-/m1/s1. The lowest BCUT2D eigenvalue weighted by atomic mass is 9.65. The van der Waals surface area contributed by atoms with Crippen molar-refractivity contribution in [3.8, 4) is 11.5 Å². The SMILES string of the molecule is CCCCCCCCC(C)(C)c1cc(O)c2c(c1)OC(C)(C)[C@@H]1Cc3cnn(C)c3C[C@@H]21. The summed E-state index contributed by atoms with van der Waals surface area (Å²) in [7, 11) is 2.03. The van der Waals surface area contributed by atoms with Gasteiger partial charge < -0.3 is 9.84 Å². The Kier molecular flexibility index (Phi) is 6.35. The Morgan fingerprint density at radius 2 is 1.84 bits per heavy atom. The van der Waals surface area contributed by atoms with E-state index in [-0.39, 0.29) is 16.9 Å². The molecule has 0 radical (unpaired) electrons. The summed E-state index contributed by atoms with van der Waals surface area (Å²) in [6.07, 6.45) is 12.8. The second kappa shape index (κ2) is 8.76. The number of aryl methyl sites for hydroxylation is 1. The van der Waals surface area contributed by atoms with Crippen molar-refractivity contribution in [1.29, 1.82) is 0 Å². The third-order valence-corrected chi connectivity index (χ3v) is 8.18. The number of ether oxygens (including phenoxy) is 1. The summed E-state index contributed by atoms with van der Waals surface area (Å²) in [6.45, 7) is 11.3. The van der Waals surface area contributed by atoms with E-state index in [1.807, 2.05) is 24.0 Å². The molecule has 0 bridgehead atoms. The summed E-state index contributed by atoms with van der Waals surface area (Å²) in [4.78, 5) is 0. The van der Waals surface area contributed by atoms with E-state index >= 15 is 0 Å². The minimum atomic E-state index is -0.278. The van der Waals surface area contributed by atoms with Gasteiger partial charge in [-0.15, -0.1) is 0 Å². The van der Waals surface area contributed by atoms with E-state index < -0.39 is 0 Å². The number of phenolic OH excluding ortho intramolecular Hbond substituents is 1. The molecule has 4 nitrogen and oxygen atoms in total. The Hall–Kier alpha value is -1.97. The zero-order valence-corrected chi connectivity index (χ0v) is 21.0. The highest BCUT2D eigenvalue weighted by atomic mass is 16.5. The third kappa shape index (κ3) is 4.30. The fourth-order valence-corrected chi connectivity index (χ4v) is 6.02. The van der Waals surface area contributed by atoms with Crippen molar-refractivity contribution in [3.05, 3.63) is 40.7 Å². The molecule has 2 atom stereocenters. The van der Waals surface area contributed by atoms with Gasteiger partial charge in [0.2, 0.25) is 0 Å². The molecular weight excluding hydrogens is 396 g/mol. The maximum atomic E-state index is 11.2. The van der Waals surface area contributed by atoms with E-state index in [4.69, 9.17) is 4.74 Å². The molecule has 0 saturated carbocycles. The van der Waals surface area contributed by atoms with Crippen LogP contribution in [0.4, 0.5) is 0 Å². The predicted molar refractivity (Wildman–Crippen MR) is 131 cm³/mol. The summed E-state index contributed by atoms with van der Waals surface area (Å²) in [5.41, 5.74) is 4.55. The first-order valence-electron chi connectivity index (χ1n) is 12.7. The molecule has 32 heavy (non-hydrogen) atoms. The van der Waals surface area contributed by atoms with Gasteiger partial charge in [-0.1, -0.05) is 59.3 Å². The minimum Gasteiger partial charge on any atom is -0.508 e. The molecule has 176 valence electrons. The number of nitrogens with zero attached hydrogens (tertiary/aromatic N) is 2. The molecule has 4 heteroatoms. The normalized spacial score (nSPS) is 21.4. The zero-order valence-electron chi connectivity index (χ0n) is 21.0. The van der Waals surface area contributed by atoms with E-state index in [1.54, 1.807) is 0 Å². The predicted octanol–water partition coefficient (Wildman–Crippen LogP) is 6.82. The van der Waals surface area contributed by atoms with Crippen molar-refractivity contribution < 1.29 is 9.84 Å². The molecule has 1 aliphatic carbocycles. The first kappa shape index (κ1) is 23.2. The number of aromatic hydroxyl groups is 1. The summed E-state index contributed by atoms with van der Waals surface area (Å²) in [5.74, 6) is 1.88. The van der Waals surface area contributed by atoms with Crippen LogP contribution in [-0.2, 0) is 25.3 Å². The number of fused-ring (bicyclic) bond motifs is 4. The smallest absolute Gasteiger partial charge is 0.127 e. The molecule has 1 aliphatic heterocycles. The molecule has 0 unspecified atom stereocenters. The Balaban J connectivity index is 1.58. The Morgan fingerprint density at radius 1 is 1.12 bits per heavy atom. The number of rotatable bonds is 8. The van der Waals surface area contributed by atoms with Crippen molar-refractivity contribution in [1.82, 2.24) is 9.78 Å². The van der Waals surface area contributed by atoms with Crippen LogP contribution in [0.25, 0.3) is 0 Å². The van der Waals surface area contributed by atoms with Crippen LogP contribution in [0, 0.1) is 5.92 Å². The number of unbranched alkanes of at least 4 members (excludes halogenated alkanes) is 5. The minimum absolute atomic E-state index is 0.0173. The van der Waals surface area contributed by atoms with Crippen LogP contribution in [0.15, 0.2) is 18.3 Å². The Labute approximate surface area is 194 Å². The van der Waals surface area contributed by atoms with Crippen LogP contribution in [-0.4, -0.2) is 20.5 Å². The number of hydrogen-bond donors (Lipinski definition) is 1. The number of hydrogen-bond acceptors (Lipinski definition) is 3. The zero-order chi connectivity index (χ0) is 23.1. The molecule has 2 aliphatic rings. The maximum Gasteiger partial charge on any atom is 0.127 e. The molecule has 1 aromatic heterocycles. The first-order chi connectivity index (χ1) is 15.1. The van der Waals surface area contributed by atoms with Crippen LogP contribution in [0.3, 0.4) is 0 Å². The second-order valence-corrected chi connectivity index (χ2v) is 11.4. The van der Waals surface area contributed by atoms with Crippen molar-refractivity contribution in [2.24, 2.45) is 13.0 Å². The summed E-state index contributed by atoms with van der Waals surface area (Å²) in [6, 6.07) is 4.25. The molecule has 4 rings (SSSR count). The fourth-order valence-electron chi connectivity index (χ4n) is 6.02. The van der Waals surface area contributed by atoms with Gasteiger partial charge in [-0.25, -0.2) is 0 Å². The van der Waals surface area contributed by atoms with Crippen molar-refractivity contribution >= 4 is 0 Å². The monoisotopic (exact) mass is 438 g/mol. The van der Waals surface area contributed by atoms with Gasteiger partial charge in [0.25, 0.3) is 0 Å². The highest BCUT2D eigenvalue weighted by molar-refractivity contribution is 5.54. The lowest BCUT2D eigenvalue weighted by Crippen LogP contribution is -2.48. The lowest BCUT2D eigenvalue weighted by molar-refractivity contribution is 0.00512. The van der Waals surface area contributed by atoms with Gasteiger partial charge in [-0.05, 0) is 61.8 Å². The summed E-state index contributed by atoms with van der Waals surface area (Å²) in [5, 5.41) is 15.7. The molecule has 0 saturated heterocycles. The largest absolute Gasteiger partial charge is 0.508 e. The van der Waals surface area contributed by atoms with E-state index in [0.29, 0.717) is 11.7 Å². The molecule has 1 N–H and O–H groups in total. The average Bonchev–Trinajstić information content (AvgIpc) is 3.09. The van der Waals surface area contributed by atoms with Crippen LogP contribution in [0.1, 0.15) is 108 Å². The molecule has 1 aromatic carbocycles. The quantitative estimate of drug-likeness (QED) is 0.460. The van der Waals surface area contributed by atoms with Gasteiger partial charge in [0, 0.05) is 30.1 Å². The number of phenols is 1. The molecule has 2 aromatic rings. The fraction of sp³-hybridized carbons (Fsp3) is 0.679. The van der Waals surface area contributed by atoms with E-state index in [1.165, 1.54) is 55.3 Å².